The van der Waals surface area contributed by atoms with Gasteiger partial charge in [-0.15, -0.1) is 0 Å². The number of rotatable bonds is 13. The van der Waals surface area contributed by atoms with Gasteiger partial charge in [0.15, 0.2) is 0 Å². The number of hydrogen-bond acceptors (Lipinski definition) is 3. The molecule has 214 valence electrons. The zero-order valence-corrected chi connectivity index (χ0v) is 25.3. The lowest BCUT2D eigenvalue weighted by Crippen LogP contribution is -1.97. The number of unbranched alkanes of at least 4 members (excludes halogenated alkanes) is 6. The highest BCUT2D eigenvalue weighted by molar-refractivity contribution is 6.29. The molecule has 2 aromatic heterocycles. The van der Waals surface area contributed by atoms with Gasteiger partial charge in [-0.25, -0.2) is 0 Å². The van der Waals surface area contributed by atoms with Crippen molar-refractivity contribution in [3.63, 3.8) is 0 Å². The molecule has 3 heteroatoms. The van der Waals surface area contributed by atoms with Crippen molar-refractivity contribution in [2.75, 3.05) is 6.61 Å². The number of furan rings is 2. The van der Waals surface area contributed by atoms with Crippen LogP contribution in [0.5, 0.6) is 5.75 Å². The van der Waals surface area contributed by atoms with Gasteiger partial charge < -0.3 is 13.6 Å². The fraction of sp³-hybridized carbons (Fsp3) is 0.421. The second kappa shape index (κ2) is 12.2. The first-order valence-electron chi connectivity index (χ1n) is 16.1. The van der Waals surface area contributed by atoms with E-state index in [0.29, 0.717) is 0 Å². The van der Waals surface area contributed by atoms with Crippen molar-refractivity contribution in [1.29, 1.82) is 0 Å². The predicted octanol–water partition coefficient (Wildman–Crippen LogP) is 11.8. The number of ether oxygens (including phenoxy) is 1. The van der Waals surface area contributed by atoms with Gasteiger partial charge in [-0.3, -0.25) is 0 Å². The van der Waals surface area contributed by atoms with Crippen molar-refractivity contribution in [2.45, 2.75) is 98.3 Å². The average Bonchev–Trinajstić information content (AvgIpc) is 3.55. The Kier molecular flexibility index (Phi) is 8.23. The predicted molar refractivity (Wildman–Crippen MR) is 175 cm³/mol. The van der Waals surface area contributed by atoms with Crippen LogP contribution in [-0.4, -0.2) is 6.61 Å². The van der Waals surface area contributed by atoms with E-state index < -0.39 is 0 Å². The van der Waals surface area contributed by atoms with Gasteiger partial charge in [-0.1, -0.05) is 72.3 Å². The van der Waals surface area contributed by atoms with E-state index in [1.54, 1.807) is 0 Å². The lowest BCUT2D eigenvalue weighted by Gasteiger charge is -2.12. The third-order valence-corrected chi connectivity index (χ3v) is 8.82. The molecular formula is C38H44O3. The molecule has 2 heterocycles. The fourth-order valence-electron chi connectivity index (χ4n) is 6.59. The van der Waals surface area contributed by atoms with E-state index in [1.807, 2.05) is 0 Å². The van der Waals surface area contributed by atoms with Crippen molar-refractivity contribution in [1.82, 2.24) is 0 Å². The molecule has 0 saturated heterocycles. The van der Waals surface area contributed by atoms with Gasteiger partial charge in [-0.2, -0.15) is 0 Å². The number of benzene rings is 4. The molecule has 0 unspecified atom stereocenters. The fourth-order valence-corrected chi connectivity index (χ4v) is 6.59. The molecule has 4 aromatic carbocycles. The summed E-state index contributed by atoms with van der Waals surface area (Å²) in [5.41, 5.74) is 7.84. The number of hydrogen-bond donors (Lipinski definition) is 0. The molecule has 0 aliphatic heterocycles. The Morgan fingerprint density at radius 2 is 1.12 bits per heavy atom. The molecule has 0 fully saturated rings. The summed E-state index contributed by atoms with van der Waals surface area (Å²) in [4.78, 5) is 0. The molecule has 0 saturated carbocycles. The van der Waals surface area contributed by atoms with Gasteiger partial charge in [0.1, 0.15) is 28.1 Å². The normalized spacial score (nSPS) is 12.1. The van der Waals surface area contributed by atoms with Crippen molar-refractivity contribution in [3.05, 3.63) is 65.2 Å². The molecule has 41 heavy (non-hydrogen) atoms. The molecule has 0 spiro atoms. The molecule has 0 bridgehead atoms. The van der Waals surface area contributed by atoms with Crippen LogP contribution >= 0.6 is 0 Å². The van der Waals surface area contributed by atoms with Gasteiger partial charge in [0.05, 0.1) is 6.61 Å². The van der Waals surface area contributed by atoms with E-state index in [0.717, 1.165) is 65.8 Å². The average molecular weight is 549 g/mol. The largest absolute Gasteiger partial charge is 0.494 e. The quantitative estimate of drug-likeness (QED) is 0.135. The molecule has 0 aliphatic carbocycles. The second-order valence-electron chi connectivity index (χ2n) is 11.7. The number of aryl methyl sites for hydroxylation is 3. The minimum atomic E-state index is 0.760. The SMILES string of the molecule is CCCCCCCCOc1ccc2oc3cc(CC)c4c(c(CC)cc5oc6ccc(CCCC)cc6c54)c3c2c1. The Balaban J connectivity index is 1.51. The van der Waals surface area contributed by atoms with Gasteiger partial charge in [-0.05, 0) is 102 Å². The lowest BCUT2D eigenvalue weighted by atomic mass is 9.90. The topological polar surface area (TPSA) is 35.5 Å². The Morgan fingerprint density at radius 1 is 0.537 bits per heavy atom. The monoisotopic (exact) mass is 548 g/mol. The van der Waals surface area contributed by atoms with E-state index in [1.165, 1.54) is 88.6 Å². The van der Waals surface area contributed by atoms with Gasteiger partial charge >= 0.3 is 0 Å². The smallest absolute Gasteiger partial charge is 0.136 e. The summed E-state index contributed by atoms with van der Waals surface area (Å²) < 4.78 is 19.3. The standard InChI is InChI=1S/C38H44O3/c1-5-9-11-12-13-14-20-39-28-17-19-32-30(24-28)38-34(41-32)23-26(7-3)35-36(38)27(8-4)22-33-37(35)29-21-25(15-10-6-2)16-18-31(29)40-33/h16-19,21-24H,5-15,20H2,1-4H3. The van der Waals surface area contributed by atoms with Crippen LogP contribution in [0.2, 0.25) is 0 Å². The highest BCUT2D eigenvalue weighted by atomic mass is 16.5. The van der Waals surface area contributed by atoms with Crippen LogP contribution in [0.3, 0.4) is 0 Å². The van der Waals surface area contributed by atoms with Crippen molar-refractivity contribution in [3.8, 4) is 5.75 Å². The first-order chi connectivity index (χ1) is 20.2. The van der Waals surface area contributed by atoms with Crippen molar-refractivity contribution in [2.24, 2.45) is 0 Å². The summed E-state index contributed by atoms with van der Waals surface area (Å²) in [5.74, 6) is 0.926. The van der Waals surface area contributed by atoms with Crippen LogP contribution in [0, 0.1) is 0 Å². The zero-order chi connectivity index (χ0) is 28.3. The Morgan fingerprint density at radius 3 is 1.76 bits per heavy atom. The maximum absolute atomic E-state index is 6.50. The summed E-state index contributed by atoms with van der Waals surface area (Å²) in [7, 11) is 0. The lowest BCUT2D eigenvalue weighted by molar-refractivity contribution is 0.304. The first kappa shape index (κ1) is 27.7. The Hall–Kier alpha value is -3.46. The van der Waals surface area contributed by atoms with E-state index in [9.17, 15) is 0 Å². The van der Waals surface area contributed by atoms with Gasteiger partial charge in [0.2, 0.25) is 0 Å². The van der Waals surface area contributed by atoms with Crippen molar-refractivity contribution < 1.29 is 13.6 Å². The molecule has 0 amide bonds. The van der Waals surface area contributed by atoms with E-state index in [2.05, 4.69) is 76.2 Å². The third kappa shape index (κ3) is 5.20. The van der Waals surface area contributed by atoms with E-state index in [-0.39, 0.29) is 0 Å². The highest BCUT2D eigenvalue weighted by Gasteiger charge is 2.21. The van der Waals surface area contributed by atoms with E-state index in [4.69, 9.17) is 13.6 Å². The van der Waals surface area contributed by atoms with Crippen LogP contribution in [0.1, 0.15) is 95.8 Å². The van der Waals surface area contributed by atoms with E-state index >= 15 is 0 Å². The van der Waals surface area contributed by atoms with Crippen LogP contribution in [-0.2, 0) is 19.3 Å². The zero-order valence-electron chi connectivity index (χ0n) is 25.3. The summed E-state index contributed by atoms with van der Waals surface area (Å²) in [6.07, 6.45) is 12.9. The summed E-state index contributed by atoms with van der Waals surface area (Å²) in [6, 6.07) is 17.7. The molecule has 0 aliphatic rings. The molecule has 6 rings (SSSR count). The molecule has 0 radical (unpaired) electrons. The van der Waals surface area contributed by atoms with Gasteiger partial charge in [0, 0.05) is 21.5 Å². The third-order valence-electron chi connectivity index (χ3n) is 8.82. The molecular weight excluding hydrogens is 504 g/mol. The maximum atomic E-state index is 6.50. The first-order valence-corrected chi connectivity index (χ1v) is 16.1. The van der Waals surface area contributed by atoms with Crippen LogP contribution < -0.4 is 4.74 Å². The van der Waals surface area contributed by atoms with Crippen LogP contribution in [0.4, 0.5) is 0 Å². The minimum absolute atomic E-state index is 0.760. The second-order valence-corrected chi connectivity index (χ2v) is 11.7. The molecule has 3 nitrogen and oxygen atoms in total. The Bertz CT molecular complexity index is 1820. The minimum Gasteiger partial charge on any atom is -0.494 e. The molecule has 0 atom stereocenters. The van der Waals surface area contributed by atoms with Crippen LogP contribution in [0.15, 0.2) is 57.4 Å². The Labute approximate surface area is 243 Å². The summed E-state index contributed by atoms with van der Waals surface area (Å²) >= 11 is 0. The van der Waals surface area contributed by atoms with Gasteiger partial charge in [0.25, 0.3) is 0 Å². The van der Waals surface area contributed by atoms with Crippen LogP contribution in [0.25, 0.3) is 54.6 Å². The van der Waals surface area contributed by atoms with Crippen molar-refractivity contribution >= 4 is 54.6 Å². The number of fused-ring (bicyclic) bond motifs is 9. The maximum Gasteiger partial charge on any atom is 0.136 e. The summed E-state index contributed by atoms with van der Waals surface area (Å²) in [5, 5.41) is 7.44. The summed E-state index contributed by atoms with van der Waals surface area (Å²) in [6.45, 7) is 9.77. The molecule has 0 N–H and O–H groups in total. The highest BCUT2D eigenvalue weighted by Crippen LogP contribution is 2.45. The molecule has 6 aromatic rings.